The van der Waals surface area contributed by atoms with Crippen LogP contribution in [0.2, 0.25) is 0 Å². The molecule has 27 heavy (non-hydrogen) atoms. The number of rotatable bonds is 2. The highest BCUT2D eigenvalue weighted by Gasteiger charge is 2.52. The Labute approximate surface area is 157 Å². The Hall–Kier alpha value is -3.13. The summed E-state index contributed by atoms with van der Waals surface area (Å²) in [7, 11) is 0. The molecular weight excluding hydrogens is 339 g/mol. The van der Waals surface area contributed by atoms with E-state index in [1.165, 1.54) is 12.3 Å². The van der Waals surface area contributed by atoms with Crippen molar-refractivity contribution in [1.29, 1.82) is 10.7 Å². The second-order valence-electron chi connectivity index (χ2n) is 7.70. The number of hydrogen-bond donors (Lipinski definition) is 3. The van der Waals surface area contributed by atoms with Gasteiger partial charge in [0, 0.05) is 23.2 Å². The van der Waals surface area contributed by atoms with Gasteiger partial charge in [-0.1, -0.05) is 18.2 Å². The first kappa shape index (κ1) is 16.1. The van der Waals surface area contributed by atoms with Crippen molar-refractivity contribution in [3.05, 3.63) is 70.6 Å². The Kier molecular flexibility index (Phi) is 3.38. The lowest BCUT2D eigenvalue weighted by Crippen LogP contribution is -2.35. The Morgan fingerprint density at radius 3 is 2.81 bits per heavy atom. The summed E-state index contributed by atoms with van der Waals surface area (Å²) in [5, 5.41) is 20.7. The van der Waals surface area contributed by atoms with Crippen LogP contribution in [-0.2, 0) is 0 Å². The van der Waals surface area contributed by atoms with Crippen molar-refractivity contribution in [3.63, 3.8) is 0 Å². The quantitative estimate of drug-likeness (QED) is 0.424. The molecule has 0 amide bonds. The third-order valence-electron chi connectivity index (χ3n) is 6.48. The molecule has 2 bridgehead atoms. The van der Waals surface area contributed by atoms with Gasteiger partial charge in [-0.25, -0.2) is 4.39 Å². The lowest BCUT2D eigenvalue weighted by molar-refractivity contribution is 0.332. The molecular formula is C22H19FN4. The highest BCUT2D eigenvalue weighted by molar-refractivity contribution is 5.91. The van der Waals surface area contributed by atoms with Crippen molar-refractivity contribution in [2.45, 2.75) is 18.4 Å². The molecule has 4 nitrogen and oxygen atoms in total. The summed E-state index contributed by atoms with van der Waals surface area (Å²) in [6.07, 6.45) is 7.02. The van der Waals surface area contributed by atoms with Gasteiger partial charge in [0.25, 0.3) is 0 Å². The third kappa shape index (κ3) is 2.16. The maximum Gasteiger partial charge on any atom is 0.140 e. The molecule has 0 radical (unpaired) electrons. The normalized spacial score (nSPS) is 29.6. The molecule has 4 N–H and O–H groups in total. The molecule has 0 aromatic heterocycles. The number of nitrogens with zero attached hydrogens (tertiary/aromatic N) is 1. The third-order valence-corrected chi connectivity index (χ3v) is 6.48. The van der Waals surface area contributed by atoms with E-state index in [4.69, 9.17) is 11.1 Å². The molecule has 1 heterocycles. The van der Waals surface area contributed by atoms with Gasteiger partial charge in [-0.15, -0.1) is 0 Å². The molecule has 2 aromatic rings. The summed E-state index contributed by atoms with van der Waals surface area (Å²) >= 11 is 0. The number of nitrogen functional groups attached to an aromatic ring is 1. The van der Waals surface area contributed by atoms with Crippen LogP contribution in [0.25, 0.3) is 0 Å². The maximum atomic E-state index is 13.8. The van der Waals surface area contributed by atoms with Gasteiger partial charge in [0.2, 0.25) is 0 Å². The zero-order valence-electron chi connectivity index (χ0n) is 14.6. The highest BCUT2D eigenvalue weighted by Crippen LogP contribution is 2.62. The minimum atomic E-state index is -0.485. The molecule has 5 atom stereocenters. The van der Waals surface area contributed by atoms with Crippen LogP contribution in [-0.4, -0.2) is 6.21 Å². The summed E-state index contributed by atoms with van der Waals surface area (Å²) in [5.41, 5.74) is 10.7. The van der Waals surface area contributed by atoms with Crippen LogP contribution >= 0.6 is 0 Å². The minimum Gasteiger partial charge on any atom is -0.398 e. The van der Waals surface area contributed by atoms with E-state index in [-0.39, 0.29) is 17.5 Å². The van der Waals surface area contributed by atoms with Crippen LogP contribution < -0.4 is 11.1 Å². The van der Waals surface area contributed by atoms with Crippen molar-refractivity contribution in [2.75, 3.05) is 11.1 Å². The number of nitrogens with two attached hydrogens (primary N) is 1. The lowest BCUT2D eigenvalue weighted by Gasteiger charge is -2.42. The first-order chi connectivity index (χ1) is 13.1. The number of fused-ring (bicyclic) bond motifs is 7. The van der Waals surface area contributed by atoms with Crippen LogP contribution in [0.4, 0.5) is 15.8 Å². The molecule has 3 aliphatic rings. The maximum absolute atomic E-state index is 13.8. The zero-order chi connectivity index (χ0) is 18.7. The summed E-state index contributed by atoms with van der Waals surface area (Å²) < 4.78 is 13.8. The van der Waals surface area contributed by atoms with E-state index in [1.807, 2.05) is 18.2 Å². The molecule has 0 saturated heterocycles. The van der Waals surface area contributed by atoms with Crippen LogP contribution in [0.5, 0.6) is 0 Å². The van der Waals surface area contributed by atoms with Gasteiger partial charge >= 0.3 is 0 Å². The van der Waals surface area contributed by atoms with Crippen molar-refractivity contribution in [3.8, 4) is 6.07 Å². The minimum absolute atomic E-state index is 0.00245. The van der Waals surface area contributed by atoms with Gasteiger partial charge in [0.15, 0.2) is 0 Å². The Bertz CT molecular complexity index is 1040. The monoisotopic (exact) mass is 358 g/mol. The fourth-order valence-corrected chi connectivity index (χ4v) is 5.41. The average Bonchev–Trinajstić information content (AvgIpc) is 3.30. The average molecular weight is 358 g/mol. The molecule has 5 rings (SSSR count). The van der Waals surface area contributed by atoms with E-state index in [0.717, 1.165) is 28.8 Å². The first-order valence-corrected chi connectivity index (χ1v) is 9.19. The summed E-state index contributed by atoms with van der Waals surface area (Å²) in [6, 6.07) is 10.6. The molecule has 2 aliphatic carbocycles. The van der Waals surface area contributed by atoms with Crippen molar-refractivity contribution >= 4 is 17.6 Å². The number of allylic oxidation sites excluding steroid dienone is 2. The van der Waals surface area contributed by atoms with E-state index in [0.29, 0.717) is 23.4 Å². The van der Waals surface area contributed by atoms with Gasteiger partial charge in [-0.3, -0.25) is 0 Å². The van der Waals surface area contributed by atoms with Crippen molar-refractivity contribution in [2.24, 2.45) is 17.8 Å². The fraction of sp³-hybridized carbons (Fsp3) is 0.273. The standard InChI is InChI=1S/C22H19FN4/c23-16-4-3-13(8-14(16)9-24)22-20-12-2-1-11(7-12)19(20)21-15(10-25)17(26)5-6-18(21)27-22/h1-6,8,10-12,19-20,22,25,27H,7,26H2/t11?,12?,19-,20+,22-/m0/s1. The SMILES string of the molecule is N#Cc1cc([C@@H]2Nc3ccc(N)c(C=N)c3[C@H]3C4C=CC(C4)[C@@H]23)ccc1F. The Morgan fingerprint density at radius 1 is 1.22 bits per heavy atom. The highest BCUT2D eigenvalue weighted by atomic mass is 19.1. The number of halogens is 1. The summed E-state index contributed by atoms with van der Waals surface area (Å²) in [5.74, 6) is 0.948. The van der Waals surface area contributed by atoms with Crippen LogP contribution in [0, 0.1) is 40.3 Å². The molecule has 5 heteroatoms. The summed E-state index contributed by atoms with van der Waals surface area (Å²) in [4.78, 5) is 0. The van der Waals surface area contributed by atoms with Gasteiger partial charge < -0.3 is 16.5 Å². The largest absolute Gasteiger partial charge is 0.398 e. The van der Waals surface area contributed by atoms with E-state index in [9.17, 15) is 9.65 Å². The molecule has 1 saturated carbocycles. The topological polar surface area (TPSA) is 85.7 Å². The molecule has 134 valence electrons. The molecule has 2 aromatic carbocycles. The Morgan fingerprint density at radius 2 is 2.04 bits per heavy atom. The molecule has 1 aliphatic heterocycles. The van der Waals surface area contributed by atoms with Crippen LogP contribution in [0.3, 0.4) is 0 Å². The number of anilines is 2. The molecule has 2 unspecified atom stereocenters. The van der Waals surface area contributed by atoms with Gasteiger partial charge in [0.05, 0.1) is 11.6 Å². The van der Waals surface area contributed by atoms with E-state index < -0.39 is 5.82 Å². The number of hydrogen-bond acceptors (Lipinski definition) is 4. The van der Waals surface area contributed by atoms with Gasteiger partial charge in [-0.2, -0.15) is 5.26 Å². The number of benzene rings is 2. The molecule has 0 spiro atoms. The zero-order valence-corrected chi connectivity index (χ0v) is 14.6. The van der Waals surface area contributed by atoms with Crippen molar-refractivity contribution < 1.29 is 4.39 Å². The van der Waals surface area contributed by atoms with Crippen LogP contribution in [0.1, 0.15) is 40.6 Å². The molecule has 1 fully saturated rings. The predicted molar refractivity (Wildman–Crippen MR) is 103 cm³/mol. The van der Waals surface area contributed by atoms with Crippen LogP contribution in [0.15, 0.2) is 42.5 Å². The fourth-order valence-electron chi connectivity index (χ4n) is 5.41. The number of nitriles is 1. The lowest BCUT2D eigenvalue weighted by atomic mass is 9.69. The van der Waals surface area contributed by atoms with Gasteiger partial charge in [0.1, 0.15) is 11.9 Å². The van der Waals surface area contributed by atoms with E-state index in [1.54, 1.807) is 12.1 Å². The second-order valence-corrected chi connectivity index (χ2v) is 7.70. The number of nitrogens with one attached hydrogen (secondary N) is 2. The second kappa shape index (κ2) is 5.68. The Balaban J connectivity index is 1.69. The summed E-state index contributed by atoms with van der Waals surface area (Å²) in [6.45, 7) is 0. The van der Waals surface area contributed by atoms with E-state index in [2.05, 4.69) is 17.5 Å². The van der Waals surface area contributed by atoms with Gasteiger partial charge in [-0.05, 0) is 65.5 Å². The predicted octanol–water partition coefficient (Wildman–Crippen LogP) is 4.35. The van der Waals surface area contributed by atoms with E-state index >= 15 is 0 Å². The first-order valence-electron chi connectivity index (χ1n) is 9.19. The van der Waals surface area contributed by atoms with Crippen molar-refractivity contribution in [1.82, 2.24) is 0 Å². The smallest absolute Gasteiger partial charge is 0.140 e.